The molecular weight excluding hydrogens is 332 g/mol. The molecule has 1 aliphatic carbocycles. The van der Waals surface area contributed by atoms with Gasteiger partial charge in [-0.2, -0.15) is 0 Å². The maximum Gasteiger partial charge on any atom is 0.121 e. The summed E-state index contributed by atoms with van der Waals surface area (Å²) in [5, 5.41) is 2.68. The highest BCUT2D eigenvalue weighted by molar-refractivity contribution is 6.36. The van der Waals surface area contributed by atoms with Gasteiger partial charge in [0.25, 0.3) is 0 Å². The number of ether oxygens (including phenoxy) is 1. The van der Waals surface area contributed by atoms with E-state index >= 15 is 0 Å². The van der Waals surface area contributed by atoms with Crippen LogP contribution in [0.4, 0.5) is 0 Å². The average molecular weight is 353 g/mol. The minimum Gasteiger partial charge on any atom is -0.490 e. The van der Waals surface area contributed by atoms with Crippen molar-refractivity contribution in [3.05, 3.63) is 59.9 Å². The molecule has 0 radical (unpaired) electrons. The standard InChI is InChI=1S/C21H21ClN2O/c22-21-11-17(25-16-8-6-15(23)7-9-16)10-18-19(12-24-13-20(18)21)14-4-2-1-3-5-14/h1-5,10-13,15-16H,6-9,23H2. The van der Waals surface area contributed by atoms with Gasteiger partial charge < -0.3 is 10.5 Å². The van der Waals surface area contributed by atoms with Gasteiger partial charge in [0, 0.05) is 29.4 Å². The highest BCUT2D eigenvalue weighted by Crippen LogP contribution is 2.36. The molecule has 0 atom stereocenters. The number of nitrogens with zero attached hydrogens (tertiary/aromatic N) is 1. The Morgan fingerprint density at radius 3 is 2.48 bits per heavy atom. The van der Waals surface area contributed by atoms with E-state index in [9.17, 15) is 0 Å². The second-order valence-electron chi connectivity index (χ2n) is 6.71. The van der Waals surface area contributed by atoms with Crippen LogP contribution in [0.15, 0.2) is 54.9 Å². The molecule has 3 aromatic rings. The summed E-state index contributed by atoms with van der Waals surface area (Å²) in [6, 6.07) is 14.5. The SMILES string of the molecule is NC1CCC(Oc2cc(Cl)c3cncc(-c4ccccc4)c3c2)CC1. The highest BCUT2D eigenvalue weighted by Gasteiger charge is 2.20. The predicted molar refractivity (Wildman–Crippen MR) is 103 cm³/mol. The van der Waals surface area contributed by atoms with E-state index in [1.165, 1.54) is 0 Å². The molecule has 1 fully saturated rings. The molecule has 1 saturated carbocycles. The molecule has 0 amide bonds. The van der Waals surface area contributed by atoms with Crippen molar-refractivity contribution in [1.29, 1.82) is 0 Å². The van der Waals surface area contributed by atoms with E-state index < -0.39 is 0 Å². The lowest BCUT2D eigenvalue weighted by Gasteiger charge is -2.27. The Kier molecular flexibility index (Phi) is 4.60. The molecule has 1 heterocycles. The van der Waals surface area contributed by atoms with Crippen molar-refractivity contribution in [3.8, 4) is 16.9 Å². The summed E-state index contributed by atoms with van der Waals surface area (Å²) in [6.07, 6.45) is 7.95. The van der Waals surface area contributed by atoms with E-state index in [1.807, 2.05) is 36.7 Å². The second kappa shape index (κ2) is 7.03. The van der Waals surface area contributed by atoms with Gasteiger partial charge in [0.1, 0.15) is 5.75 Å². The molecule has 3 nitrogen and oxygen atoms in total. The molecule has 4 heteroatoms. The topological polar surface area (TPSA) is 48.1 Å². The zero-order chi connectivity index (χ0) is 17.2. The van der Waals surface area contributed by atoms with Crippen LogP contribution >= 0.6 is 11.6 Å². The third-order valence-electron chi connectivity index (χ3n) is 4.91. The van der Waals surface area contributed by atoms with Crippen molar-refractivity contribution in [2.24, 2.45) is 5.73 Å². The average Bonchev–Trinajstić information content (AvgIpc) is 2.64. The molecule has 0 unspecified atom stereocenters. The molecule has 1 aromatic heterocycles. The summed E-state index contributed by atoms with van der Waals surface area (Å²) >= 11 is 6.52. The number of pyridine rings is 1. The van der Waals surface area contributed by atoms with E-state index in [-0.39, 0.29) is 6.10 Å². The van der Waals surface area contributed by atoms with E-state index in [2.05, 4.69) is 23.2 Å². The molecule has 0 spiro atoms. The van der Waals surface area contributed by atoms with Crippen molar-refractivity contribution < 1.29 is 4.74 Å². The Morgan fingerprint density at radius 2 is 1.72 bits per heavy atom. The third-order valence-corrected chi connectivity index (χ3v) is 5.22. The first-order valence-electron chi connectivity index (χ1n) is 8.75. The van der Waals surface area contributed by atoms with Crippen LogP contribution in [0.2, 0.25) is 5.02 Å². The van der Waals surface area contributed by atoms with Crippen molar-refractivity contribution in [2.75, 3.05) is 0 Å². The van der Waals surface area contributed by atoms with Crippen LogP contribution in [-0.2, 0) is 0 Å². The molecule has 25 heavy (non-hydrogen) atoms. The highest BCUT2D eigenvalue weighted by atomic mass is 35.5. The van der Waals surface area contributed by atoms with Crippen LogP contribution < -0.4 is 10.5 Å². The predicted octanol–water partition coefficient (Wildman–Crippen LogP) is 5.20. The van der Waals surface area contributed by atoms with Gasteiger partial charge in [0.15, 0.2) is 0 Å². The molecule has 1 aliphatic rings. The normalized spacial score (nSPS) is 20.6. The van der Waals surface area contributed by atoms with Crippen molar-refractivity contribution in [2.45, 2.75) is 37.8 Å². The summed E-state index contributed by atoms with van der Waals surface area (Å²) in [7, 11) is 0. The monoisotopic (exact) mass is 352 g/mol. The fourth-order valence-electron chi connectivity index (χ4n) is 3.52. The Balaban J connectivity index is 1.72. The Bertz CT molecular complexity index is 874. The molecule has 0 saturated heterocycles. The second-order valence-corrected chi connectivity index (χ2v) is 7.12. The molecular formula is C21H21ClN2O. The molecule has 128 valence electrons. The van der Waals surface area contributed by atoms with Crippen LogP contribution in [0, 0.1) is 0 Å². The maximum absolute atomic E-state index is 6.52. The summed E-state index contributed by atoms with van der Waals surface area (Å²) in [6.45, 7) is 0. The third kappa shape index (κ3) is 3.48. The van der Waals surface area contributed by atoms with Gasteiger partial charge in [-0.05, 0) is 48.8 Å². The van der Waals surface area contributed by atoms with Crippen molar-refractivity contribution in [3.63, 3.8) is 0 Å². The number of rotatable bonds is 3. The van der Waals surface area contributed by atoms with Gasteiger partial charge in [-0.15, -0.1) is 0 Å². The van der Waals surface area contributed by atoms with Crippen molar-refractivity contribution in [1.82, 2.24) is 4.98 Å². The lowest BCUT2D eigenvalue weighted by Crippen LogP contribution is -2.31. The van der Waals surface area contributed by atoms with Crippen LogP contribution in [-0.4, -0.2) is 17.1 Å². The van der Waals surface area contributed by atoms with Crippen molar-refractivity contribution >= 4 is 22.4 Å². The largest absolute Gasteiger partial charge is 0.490 e. The minimum atomic E-state index is 0.218. The van der Waals surface area contributed by atoms with Gasteiger partial charge >= 0.3 is 0 Å². The lowest BCUT2D eigenvalue weighted by molar-refractivity contribution is 0.147. The summed E-state index contributed by atoms with van der Waals surface area (Å²) in [4.78, 5) is 4.36. The van der Waals surface area contributed by atoms with Crippen LogP contribution in [0.25, 0.3) is 21.9 Å². The lowest BCUT2D eigenvalue weighted by atomic mass is 9.93. The fourth-order valence-corrected chi connectivity index (χ4v) is 3.78. The Morgan fingerprint density at radius 1 is 0.960 bits per heavy atom. The summed E-state index contributed by atoms with van der Waals surface area (Å²) in [5.74, 6) is 0.821. The van der Waals surface area contributed by atoms with Gasteiger partial charge in [-0.1, -0.05) is 41.9 Å². The first-order chi connectivity index (χ1) is 12.2. The first-order valence-corrected chi connectivity index (χ1v) is 9.13. The number of halogens is 1. The molecule has 4 rings (SSSR count). The fraction of sp³-hybridized carbons (Fsp3) is 0.286. The molecule has 2 N–H and O–H groups in total. The molecule has 0 aliphatic heterocycles. The number of hydrogen-bond acceptors (Lipinski definition) is 3. The smallest absolute Gasteiger partial charge is 0.121 e. The quantitative estimate of drug-likeness (QED) is 0.704. The minimum absolute atomic E-state index is 0.218. The number of benzene rings is 2. The Labute approximate surface area is 152 Å². The van der Waals surface area contributed by atoms with Gasteiger partial charge in [-0.3, -0.25) is 4.98 Å². The summed E-state index contributed by atoms with van der Waals surface area (Å²) < 4.78 is 6.22. The first kappa shape index (κ1) is 16.4. The zero-order valence-corrected chi connectivity index (χ0v) is 14.7. The molecule has 2 aromatic carbocycles. The van der Waals surface area contributed by atoms with Gasteiger partial charge in [0.2, 0.25) is 0 Å². The number of fused-ring (bicyclic) bond motifs is 1. The number of aromatic nitrogens is 1. The van der Waals surface area contributed by atoms with Gasteiger partial charge in [0.05, 0.1) is 11.1 Å². The Hall–Kier alpha value is -2.10. The van der Waals surface area contributed by atoms with E-state index in [0.717, 1.165) is 53.3 Å². The van der Waals surface area contributed by atoms with E-state index in [1.54, 1.807) is 0 Å². The maximum atomic E-state index is 6.52. The van der Waals surface area contributed by atoms with Crippen LogP contribution in [0.1, 0.15) is 25.7 Å². The van der Waals surface area contributed by atoms with Crippen LogP contribution in [0.3, 0.4) is 0 Å². The summed E-state index contributed by atoms with van der Waals surface area (Å²) in [5.41, 5.74) is 8.18. The number of hydrogen-bond donors (Lipinski definition) is 1. The molecule has 0 bridgehead atoms. The van der Waals surface area contributed by atoms with E-state index in [4.69, 9.17) is 22.1 Å². The van der Waals surface area contributed by atoms with Crippen LogP contribution in [0.5, 0.6) is 5.75 Å². The van der Waals surface area contributed by atoms with Gasteiger partial charge in [-0.25, -0.2) is 0 Å². The zero-order valence-electron chi connectivity index (χ0n) is 14.0. The van der Waals surface area contributed by atoms with E-state index in [0.29, 0.717) is 11.1 Å². The number of nitrogens with two attached hydrogens (primary N) is 1.